The monoisotopic (exact) mass is 566 g/mol. The molecule has 0 aliphatic heterocycles. The minimum absolute atomic E-state index is 0.00315. The van der Waals surface area contributed by atoms with Gasteiger partial charge >= 0.3 is 0 Å². The van der Waals surface area contributed by atoms with Crippen molar-refractivity contribution in [3.05, 3.63) is 53.1 Å². The summed E-state index contributed by atoms with van der Waals surface area (Å²) in [5.74, 6) is -0.259. The van der Waals surface area contributed by atoms with E-state index in [9.17, 15) is 13.2 Å². The molecule has 0 unspecified atom stereocenters. The largest absolute Gasteiger partial charge is 0.302 e. The van der Waals surface area contributed by atoms with Gasteiger partial charge in [-0.3, -0.25) is 9.69 Å². The molecule has 0 aliphatic carbocycles. The number of nitrogens with zero attached hydrogens (tertiary/aromatic N) is 6. The summed E-state index contributed by atoms with van der Waals surface area (Å²) in [6, 6.07) is 13.8. The van der Waals surface area contributed by atoms with Crippen LogP contribution in [0.5, 0.6) is 0 Å². The standard InChI is InChI=1S/C28H34N6O3S2/c1-5-32(6-2)17-18-34(28-31-25-20-21(3)19-22(4)26(25)38-28)27(35)23-9-11-24(12-10-23)39(36,37)33(15-7-13-29)16-8-14-30/h9-12,19-20H,5-8,15-18H2,1-4H3. The normalized spacial score (nSPS) is 11.6. The van der Waals surface area contributed by atoms with Gasteiger partial charge in [0.15, 0.2) is 5.13 Å². The van der Waals surface area contributed by atoms with Gasteiger partial charge < -0.3 is 4.90 Å². The van der Waals surface area contributed by atoms with Crippen molar-refractivity contribution in [1.82, 2.24) is 14.2 Å². The van der Waals surface area contributed by atoms with Crippen molar-refractivity contribution in [2.75, 3.05) is 44.2 Å². The number of fused-ring (bicyclic) bond motifs is 1. The Morgan fingerprint density at radius 1 is 0.949 bits per heavy atom. The van der Waals surface area contributed by atoms with E-state index < -0.39 is 10.0 Å². The number of carbonyl (C=O) groups is 1. The molecule has 1 amide bonds. The average Bonchev–Trinajstić information content (AvgIpc) is 3.35. The van der Waals surface area contributed by atoms with Crippen molar-refractivity contribution in [3.8, 4) is 12.1 Å². The molecule has 0 atom stereocenters. The fraction of sp³-hybridized carbons (Fsp3) is 0.429. The first-order chi connectivity index (χ1) is 18.7. The third-order valence-electron chi connectivity index (χ3n) is 6.50. The number of likely N-dealkylation sites (N-methyl/N-ethyl adjacent to an activating group) is 1. The first-order valence-corrected chi connectivity index (χ1v) is 15.2. The van der Waals surface area contributed by atoms with Gasteiger partial charge in [-0.05, 0) is 68.4 Å². The van der Waals surface area contributed by atoms with E-state index in [2.05, 4.69) is 24.8 Å². The molecule has 3 rings (SSSR count). The van der Waals surface area contributed by atoms with Gasteiger partial charge in [0.25, 0.3) is 5.91 Å². The Morgan fingerprint density at radius 2 is 1.56 bits per heavy atom. The topological polar surface area (TPSA) is 121 Å². The number of hydrogen-bond acceptors (Lipinski definition) is 8. The van der Waals surface area contributed by atoms with Crippen LogP contribution in [0, 0.1) is 36.5 Å². The molecule has 0 saturated heterocycles. The fourth-order valence-electron chi connectivity index (χ4n) is 4.32. The summed E-state index contributed by atoms with van der Waals surface area (Å²) in [7, 11) is -3.93. The molecule has 0 aliphatic rings. The average molecular weight is 567 g/mol. The van der Waals surface area contributed by atoms with Gasteiger partial charge in [-0.2, -0.15) is 14.8 Å². The predicted molar refractivity (Wildman–Crippen MR) is 154 cm³/mol. The smallest absolute Gasteiger partial charge is 0.260 e. The van der Waals surface area contributed by atoms with Gasteiger partial charge in [-0.1, -0.05) is 31.3 Å². The van der Waals surface area contributed by atoms with Crippen molar-refractivity contribution >= 4 is 42.6 Å². The summed E-state index contributed by atoms with van der Waals surface area (Å²) >= 11 is 1.48. The maximum atomic E-state index is 13.8. The fourth-order valence-corrected chi connectivity index (χ4v) is 6.80. The van der Waals surface area contributed by atoms with Crippen LogP contribution < -0.4 is 4.90 Å². The lowest BCUT2D eigenvalue weighted by Crippen LogP contribution is -2.39. The highest BCUT2D eigenvalue weighted by Crippen LogP contribution is 2.33. The molecule has 11 heteroatoms. The van der Waals surface area contributed by atoms with Gasteiger partial charge in [-0.25, -0.2) is 13.4 Å². The van der Waals surface area contributed by atoms with E-state index >= 15 is 0 Å². The maximum Gasteiger partial charge on any atom is 0.260 e. The van der Waals surface area contributed by atoms with E-state index in [1.807, 2.05) is 32.1 Å². The second-order valence-electron chi connectivity index (χ2n) is 9.15. The quantitative estimate of drug-likeness (QED) is 0.293. The lowest BCUT2D eigenvalue weighted by Gasteiger charge is -2.25. The van der Waals surface area contributed by atoms with Crippen LogP contribution in [-0.4, -0.2) is 67.8 Å². The molecule has 206 valence electrons. The van der Waals surface area contributed by atoms with Crippen molar-refractivity contribution in [3.63, 3.8) is 0 Å². The molecule has 1 heterocycles. The first-order valence-electron chi connectivity index (χ1n) is 12.9. The Labute approximate surface area is 234 Å². The molecular weight excluding hydrogens is 532 g/mol. The molecule has 2 aromatic carbocycles. The van der Waals surface area contributed by atoms with Crippen molar-refractivity contribution < 1.29 is 13.2 Å². The lowest BCUT2D eigenvalue weighted by molar-refractivity contribution is 0.0983. The number of benzene rings is 2. The number of aryl methyl sites for hydroxylation is 2. The van der Waals surface area contributed by atoms with Crippen LogP contribution in [0.1, 0.15) is 48.2 Å². The molecule has 0 N–H and O–H groups in total. The highest BCUT2D eigenvalue weighted by atomic mass is 32.2. The zero-order valence-corrected chi connectivity index (χ0v) is 24.5. The summed E-state index contributed by atoms with van der Waals surface area (Å²) in [5, 5.41) is 18.4. The number of thiazole rings is 1. The van der Waals surface area contributed by atoms with Crippen LogP contribution in [-0.2, 0) is 10.0 Å². The molecule has 3 aromatic rings. The maximum absolute atomic E-state index is 13.8. The second kappa shape index (κ2) is 13.6. The van der Waals surface area contributed by atoms with E-state index in [-0.39, 0.29) is 36.7 Å². The van der Waals surface area contributed by atoms with Gasteiger partial charge in [0, 0.05) is 44.6 Å². The Balaban J connectivity index is 1.94. The van der Waals surface area contributed by atoms with Crippen LogP contribution in [0.25, 0.3) is 10.2 Å². The summed E-state index contributed by atoms with van der Waals surface area (Å²) in [6.07, 6.45) is 0.0355. The van der Waals surface area contributed by atoms with Crippen molar-refractivity contribution in [1.29, 1.82) is 10.5 Å². The molecule has 1 aromatic heterocycles. The Kier molecular flexibility index (Phi) is 10.6. The van der Waals surface area contributed by atoms with Crippen LogP contribution >= 0.6 is 11.3 Å². The van der Waals surface area contributed by atoms with Gasteiger partial charge in [-0.15, -0.1) is 0 Å². The number of hydrogen-bond donors (Lipinski definition) is 0. The van der Waals surface area contributed by atoms with E-state index in [1.165, 1.54) is 35.6 Å². The first kappa shape index (κ1) is 30.2. The number of rotatable bonds is 13. The summed E-state index contributed by atoms with van der Waals surface area (Å²) < 4.78 is 28.5. The minimum Gasteiger partial charge on any atom is -0.302 e. The highest BCUT2D eigenvalue weighted by Gasteiger charge is 2.26. The third kappa shape index (κ3) is 7.20. The summed E-state index contributed by atoms with van der Waals surface area (Å²) in [5.41, 5.74) is 3.41. The number of anilines is 1. The SMILES string of the molecule is CCN(CC)CCN(C(=O)c1ccc(S(=O)(=O)N(CCC#N)CCC#N)cc1)c1nc2cc(C)cc(C)c2s1. The molecule has 39 heavy (non-hydrogen) atoms. The van der Waals surface area contributed by atoms with E-state index in [1.54, 1.807) is 4.90 Å². The Morgan fingerprint density at radius 3 is 2.13 bits per heavy atom. The summed E-state index contributed by atoms with van der Waals surface area (Å²) in [6.45, 7) is 11.0. The Bertz CT molecular complexity index is 1460. The van der Waals surface area contributed by atoms with E-state index in [0.29, 0.717) is 23.8 Å². The van der Waals surface area contributed by atoms with Gasteiger partial charge in [0.1, 0.15) is 0 Å². The molecule has 0 radical (unpaired) electrons. The molecule has 0 bridgehead atoms. The number of aromatic nitrogens is 1. The number of carbonyl (C=O) groups excluding carboxylic acids is 1. The number of amides is 1. The van der Waals surface area contributed by atoms with Crippen molar-refractivity contribution in [2.45, 2.75) is 45.4 Å². The predicted octanol–water partition coefficient (Wildman–Crippen LogP) is 4.72. The van der Waals surface area contributed by atoms with E-state index in [4.69, 9.17) is 15.5 Å². The molecule has 9 nitrogen and oxygen atoms in total. The second-order valence-corrected chi connectivity index (χ2v) is 12.1. The van der Waals surface area contributed by atoms with Crippen LogP contribution in [0.4, 0.5) is 5.13 Å². The van der Waals surface area contributed by atoms with E-state index in [0.717, 1.165) is 38.7 Å². The highest BCUT2D eigenvalue weighted by molar-refractivity contribution is 7.89. The minimum atomic E-state index is -3.93. The van der Waals surface area contributed by atoms with Crippen molar-refractivity contribution in [2.24, 2.45) is 0 Å². The van der Waals surface area contributed by atoms with Gasteiger partial charge in [0.05, 0.1) is 27.3 Å². The van der Waals surface area contributed by atoms with Crippen LogP contribution in [0.2, 0.25) is 0 Å². The van der Waals surface area contributed by atoms with Gasteiger partial charge in [0.2, 0.25) is 10.0 Å². The lowest BCUT2D eigenvalue weighted by atomic mass is 10.1. The van der Waals surface area contributed by atoms with Crippen LogP contribution in [0.3, 0.4) is 0 Å². The zero-order valence-electron chi connectivity index (χ0n) is 22.8. The number of nitriles is 2. The molecule has 0 saturated carbocycles. The number of sulfonamides is 1. The molecule has 0 spiro atoms. The molecule has 0 fully saturated rings. The molecular formula is C28H34N6O3S2. The summed E-state index contributed by atoms with van der Waals surface area (Å²) in [4.78, 5) is 22.5. The Hall–Kier alpha value is -3.35. The zero-order chi connectivity index (χ0) is 28.6. The third-order valence-corrected chi connectivity index (χ3v) is 9.65. The van der Waals surface area contributed by atoms with Crippen LogP contribution in [0.15, 0.2) is 41.3 Å².